The van der Waals surface area contributed by atoms with Crippen LogP contribution in [0.25, 0.3) is 0 Å². The summed E-state index contributed by atoms with van der Waals surface area (Å²) in [4.78, 5) is 27.9. The van der Waals surface area contributed by atoms with Crippen LogP contribution < -0.4 is 0 Å². The second-order valence-electron chi connectivity index (χ2n) is 6.02. The number of esters is 1. The number of ether oxygens (including phenoxy) is 2. The highest BCUT2D eigenvalue weighted by Crippen LogP contribution is 2.21. The summed E-state index contributed by atoms with van der Waals surface area (Å²) >= 11 is 6.01. The maximum Gasteiger partial charge on any atom is 0.307 e. The molecule has 6 nitrogen and oxygen atoms in total. The zero-order valence-electron chi connectivity index (χ0n) is 14.9. The molecular formula is C18H24ClFN2O4. The van der Waals surface area contributed by atoms with E-state index in [1.54, 1.807) is 0 Å². The van der Waals surface area contributed by atoms with Crippen molar-refractivity contribution < 1.29 is 23.5 Å². The number of hydrogen-bond donors (Lipinski definition) is 0. The number of carbonyl (C=O) groups is 2. The first-order chi connectivity index (χ1) is 12.5. The molecular weight excluding hydrogens is 363 g/mol. The smallest absolute Gasteiger partial charge is 0.307 e. The van der Waals surface area contributed by atoms with Crippen LogP contribution in [0.3, 0.4) is 0 Å². The van der Waals surface area contributed by atoms with E-state index in [0.717, 1.165) is 19.6 Å². The molecule has 0 unspecified atom stereocenters. The molecule has 1 aliphatic rings. The number of rotatable bonds is 8. The fourth-order valence-electron chi connectivity index (χ4n) is 2.81. The second-order valence-corrected chi connectivity index (χ2v) is 6.43. The van der Waals surface area contributed by atoms with Crippen LogP contribution in [-0.4, -0.2) is 74.7 Å². The van der Waals surface area contributed by atoms with Crippen LogP contribution in [0.5, 0.6) is 0 Å². The van der Waals surface area contributed by atoms with E-state index < -0.39 is 17.7 Å². The van der Waals surface area contributed by atoms with E-state index in [9.17, 15) is 14.0 Å². The van der Waals surface area contributed by atoms with Crippen molar-refractivity contribution in [1.82, 2.24) is 9.80 Å². The molecule has 0 atom stereocenters. The van der Waals surface area contributed by atoms with E-state index in [4.69, 9.17) is 16.3 Å². The summed E-state index contributed by atoms with van der Waals surface area (Å²) in [6, 6.07) is 4.13. The molecule has 1 fully saturated rings. The quantitative estimate of drug-likeness (QED) is 0.641. The molecule has 1 aromatic rings. The van der Waals surface area contributed by atoms with Gasteiger partial charge in [0, 0.05) is 32.7 Å². The minimum atomic E-state index is -0.668. The van der Waals surface area contributed by atoms with Gasteiger partial charge in [-0.15, -0.1) is 0 Å². The Morgan fingerprint density at radius 1 is 1.31 bits per heavy atom. The van der Waals surface area contributed by atoms with Gasteiger partial charge < -0.3 is 14.4 Å². The first-order valence-corrected chi connectivity index (χ1v) is 9.01. The highest BCUT2D eigenvalue weighted by Gasteiger charge is 2.23. The lowest BCUT2D eigenvalue weighted by Crippen LogP contribution is -2.40. The Kier molecular flexibility index (Phi) is 8.28. The summed E-state index contributed by atoms with van der Waals surface area (Å²) in [6.45, 7) is 4.48. The monoisotopic (exact) mass is 386 g/mol. The lowest BCUT2D eigenvalue weighted by Gasteiger charge is -2.28. The standard InChI is InChI=1S/C18H24ClFN2O4/c1-25-16(23)6-9-22(8-3-7-21-10-12-26-13-11-21)18(24)17-14(19)4-2-5-15(17)20/h2,4-5H,3,6-13H2,1H3. The summed E-state index contributed by atoms with van der Waals surface area (Å²) in [6.07, 6.45) is 0.755. The predicted molar refractivity (Wildman–Crippen MR) is 95.8 cm³/mol. The lowest BCUT2D eigenvalue weighted by molar-refractivity contribution is -0.140. The number of amides is 1. The number of morpholine rings is 1. The van der Waals surface area contributed by atoms with Crippen molar-refractivity contribution >= 4 is 23.5 Å². The minimum Gasteiger partial charge on any atom is -0.469 e. The van der Waals surface area contributed by atoms with Crippen molar-refractivity contribution in [2.24, 2.45) is 0 Å². The van der Waals surface area contributed by atoms with Gasteiger partial charge in [0.1, 0.15) is 5.82 Å². The zero-order valence-corrected chi connectivity index (χ0v) is 15.6. The Morgan fingerprint density at radius 3 is 2.69 bits per heavy atom. The fraction of sp³-hybridized carbons (Fsp3) is 0.556. The molecule has 1 aliphatic heterocycles. The maximum atomic E-state index is 14.1. The molecule has 0 spiro atoms. The van der Waals surface area contributed by atoms with Gasteiger partial charge in [0.2, 0.25) is 0 Å². The van der Waals surface area contributed by atoms with E-state index in [1.165, 1.54) is 30.2 Å². The summed E-state index contributed by atoms with van der Waals surface area (Å²) in [7, 11) is 1.29. The number of benzene rings is 1. The Morgan fingerprint density at radius 2 is 2.04 bits per heavy atom. The highest BCUT2D eigenvalue weighted by molar-refractivity contribution is 6.33. The molecule has 0 aliphatic carbocycles. The fourth-order valence-corrected chi connectivity index (χ4v) is 3.06. The van der Waals surface area contributed by atoms with E-state index >= 15 is 0 Å². The molecule has 26 heavy (non-hydrogen) atoms. The van der Waals surface area contributed by atoms with Crippen LogP contribution >= 0.6 is 11.6 Å². The van der Waals surface area contributed by atoms with Crippen LogP contribution in [-0.2, 0) is 14.3 Å². The number of nitrogens with zero attached hydrogens (tertiary/aromatic N) is 2. The number of methoxy groups -OCH3 is 1. The van der Waals surface area contributed by atoms with Crippen LogP contribution in [0.2, 0.25) is 5.02 Å². The van der Waals surface area contributed by atoms with Crippen molar-refractivity contribution in [2.75, 3.05) is 53.0 Å². The van der Waals surface area contributed by atoms with E-state index in [0.29, 0.717) is 26.2 Å². The molecule has 1 saturated heterocycles. The number of halogens is 2. The maximum absolute atomic E-state index is 14.1. The molecule has 1 heterocycles. The lowest BCUT2D eigenvalue weighted by atomic mass is 10.1. The first kappa shape index (κ1) is 20.6. The van der Waals surface area contributed by atoms with Crippen molar-refractivity contribution in [3.8, 4) is 0 Å². The van der Waals surface area contributed by atoms with Gasteiger partial charge >= 0.3 is 5.97 Å². The van der Waals surface area contributed by atoms with Gasteiger partial charge in [-0.1, -0.05) is 17.7 Å². The number of carbonyl (C=O) groups excluding carboxylic acids is 2. The van der Waals surface area contributed by atoms with Crippen molar-refractivity contribution in [3.05, 3.63) is 34.6 Å². The molecule has 1 aromatic carbocycles. The van der Waals surface area contributed by atoms with Crippen molar-refractivity contribution in [3.63, 3.8) is 0 Å². The third-order valence-electron chi connectivity index (χ3n) is 4.28. The molecule has 1 amide bonds. The van der Waals surface area contributed by atoms with Crippen LogP contribution in [0, 0.1) is 5.82 Å². The third kappa shape index (κ3) is 5.93. The Hall–Kier alpha value is -1.70. The van der Waals surface area contributed by atoms with E-state index in [-0.39, 0.29) is 23.6 Å². The average Bonchev–Trinajstić information content (AvgIpc) is 2.64. The van der Waals surface area contributed by atoms with Gasteiger partial charge in [0.25, 0.3) is 5.91 Å². The third-order valence-corrected chi connectivity index (χ3v) is 4.60. The topological polar surface area (TPSA) is 59.1 Å². The molecule has 0 bridgehead atoms. The van der Waals surface area contributed by atoms with E-state index in [2.05, 4.69) is 9.64 Å². The van der Waals surface area contributed by atoms with Gasteiger partial charge in [0.05, 0.1) is 37.3 Å². The minimum absolute atomic E-state index is 0.0475. The van der Waals surface area contributed by atoms with Gasteiger partial charge in [-0.2, -0.15) is 0 Å². The molecule has 144 valence electrons. The molecule has 0 saturated carbocycles. The predicted octanol–water partition coefficient (Wildman–Crippen LogP) is 2.21. The van der Waals surface area contributed by atoms with Gasteiger partial charge in [-0.25, -0.2) is 4.39 Å². The largest absolute Gasteiger partial charge is 0.469 e. The summed E-state index contributed by atoms with van der Waals surface area (Å²) in [5.41, 5.74) is -0.162. The van der Waals surface area contributed by atoms with Crippen LogP contribution in [0.4, 0.5) is 4.39 Å². The number of hydrogen-bond acceptors (Lipinski definition) is 5. The van der Waals surface area contributed by atoms with Crippen LogP contribution in [0.1, 0.15) is 23.2 Å². The van der Waals surface area contributed by atoms with Crippen LogP contribution in [0.15, 0.2) is 18.2 Å². The Balaban J connectivity index is 2.01. The summed E-state index contributed by atoms with van der Waals surface area (Å²) in [5.74, 6) is -1.60. The normalized spacial score (nSPS) is 14.9. The second kappa shape index (κ2) is 10.4. The molecule has 0 N–H and O–H groups in total. The highest BCUT2D eigenvalue weighted by atomic mass is 35.5. The average molecular weight is 387 g/mol. The van der Waals surface area contributed by atoms with Gasteiger partial charge in [-0.3, -0.25) is 14.5 Å². The molecule has 0 aromatic heterocycles. The van der Waals surface area contributed by atoms with Gasteiger partial charge in [0.15, 0.2) is 0 Å². The summed E-state index contributed by atoms with van der Waals surface area (Å²) in [5, 5.41) is 0.0613. The molecule has 2 rings (SSSR count). The van der Waals surface area contributed by atoms with E-state index in [1.807, 2.05) is 0 Å². The summed E-state index contributed by atoms with van der Waals surface area (Å²) < 4.78 is 24.0. The Bertz CT molecular complexity index is 603. The SMILES string of the molecule is COC(=O)CCN(CCCN1CCOCC1)C(=O)c1c(F)cccc1Cl. The van der Waals surface area contributed by atoms with Gasteiger partial charge in [-0.05, 0) is 18.6 Å². The Labute approximate surface area is 157 Å². The molecule has 0 radical (unpaired) electrons. The van der Waals surface area contributed by atoms with Crippen molar-refractivity contribution in [1.29, 1.82) is 0 Å². The van der Waals surface area contributed by atoms with Crippen molar-refractivity contribution in [2.45, 2.75) is 12.8 Å². The molecule has 8 heteroatoms. The first-order valence-electron chi connectivity index (χ1n) is 8.63. The zero-order chi connectivity index (χ0) is 18.9.